The Morgan fingerprint density at radius 3 is 2.15 bits per heavy atom. The zero-order valence-electron chi connectivity index (χ0n) is 21.3. The molecule has 2 aromatic carbocycles. The van der Waals surface area contributed by atoms with Crippen molar-refractivity contribution >= 4 is 27.5 Å². The van der Waals surface area contributed by atoms with Gasteiger partial charge in [-0.15, -0.1) is 0 Å². The monoisotopic (exact) mass is 487 g/mol. The number of amides is 2. The largest absolute Gasteiger partial charge is 0.350 e. The van der Waals surface area contributed by atoms with E-state index in [1.54, 1.807) is 19.1 Å². The molecule has 2 rings (SSSR count). The van der Waals surface area contributed by atoms with Crippen LogP contribution in [-0.2, 0) is 26.0 Å². The van der Waals surface area contributed by atoms with Crippen molar-refractivity contribution in [3.8, 4) is 0 Å². The highest BCUT2D eigenvalue weighted by Gasteiger charge is 2.31. The zero-order chi connectivity index (χ0) is 25.7. The number of sulfonamides is 1. The molecule has 0 bridgehead atoms. The molecule has 0 aromatic heterocycles. The van der Waals surface area contributed by atoms with Crippen LogP contribution < -0.4 is 9.62 Å². The fourth-order valence-electron chi connectivity index (χ4n) is 3.54. The van der Waals surface area contributed by atoms with Gasteiger partial charge in [0.15, 0.2) is 0 Å². The van der Waals surface area contributed by atoms with Gasteiger partial charge >= 0.3 is 0 Å². The second kappa shape index (κ2) is 11.0. The normalized spacial score (nSPS) is 12.7. The number of rotatable bonds is 9. The Labute approximate surface area is 204 Å². The predicted molar refractivity (Wildman–Crippen MR) is 137 cm³/mol. The number of hydrogen-bond donors (Lipinski definition) is 1. The fourth-order valence-corrected chi connectivity index (χ4v) is 4.38. The van der Waals surface area contributed by atoms with Crippen LogP contribution in [-0.4, -0.2) is 56.1 Å². The van der Waals surface area contributed by atoms with E-state index in [9.17, 15) is 18.0 Å². The van der Waals surface area contributed by atoms with Gasteiger partial charge in [0, 0.05) is 12.1 Å². The molecule has 0 saturated carbocycles. The second-order valence-electron chi connectivity index (χ2n) is 9.78. The van der Waals surface area contributed by atoms with E-state index in [0.29, 0.717) is 12.1 Å². The van der Waals surface area contributed by atoms with E-state index in [2.05, 4.69) is 5.32 Å². The number of hydrogen-bond acceptors (Lipinski definition) is 4. The molecule has 2 amide bonds. The number of carbonyl (C=O) groups is 2. The van der Waals surface area contributed by atoms with E-state index in [0.717, 1.165) is 27.3 Å². The molecule has 0 spiro atoms. The molecule has 0 aliphatic heterocycles. The van der Waals surface area contributed by atoms with Gasteiger partial charge in [-0.3, -0.25) is 13.9 Å². The van der Waals surface area contributed by atoms with Gasteiger partial charge in [-0.05, 0) is 76.8 Å². The van der Waals surface area contributed by atoms with Crippen molar-refractivity contribution in [3.63, 3.8) is 0 Å². The Bertz CT molecular complexity index is 1110. The minimum atomic E-state index is -3.73. The lowest BCUT2D eigenvalue weighted by molar-refractivity contribution is -0.139. The number of benzene rings is 2. The van der Waals surface area contributed by atoms with Crippen LogP contribution in [0.2, 0.25) is 0 Å². The summed E-state index contributed by atoms with van der Waals surface area (Å²) >= 11 is 0. The highest BCUT2D eigenvalue weighted by Crippen LogP contribution is 2.22. The van der Waals surface area contributed by atoms with Gasteiger partial charge in [0.25, 0.3) is 0 Å². The summed E-state index contributed by atoms with van der Waals surface area (Å²) in [7, 11) is -3.73. The first kappa shape index (κ1) is 27.4. The molecule has 0 unspecified atom stereocenters. The Hall–Kier alpha value is -2.87. The SMILES string of the molecule is Cc1ccc(N(CC(=O)N(CCc2ccccc2)[C@H](C)C(=O)NC(C)(C)C)S(C)(=O)=O)cc1C. The summed E-state index contributed by atoms with van der Waals surface area (Å²) in [4.78, 5) is 27.9. The van der Waals surface area contributed by atoms with E-state index in [4.69, 9.17) is 0 Å². The average molecular weight is 488 g/mol. The van der Waals surface area contributed by atoms with Crippen LogP contribution in [0.1, 0.15) is 44.4 Å². The van der Waals surface area contributed by atoms with Crippen LogP contribution in [0.3, 0.4) is 0 Å². The molecule has 7 nitrogen and oxygen atoms in total. The Morgan fingerprint density at radius 1 is 1.00 bits per heavy atom. The smallest absolute Gasteiger partial charge is 0.244 e. The lowest BCUT2D eigenvalue weighted by Crippen LogP contribution is -2.55. The van der Waals surface area contributed by atoms with Gasteiger partial charge < -0.3 is 10.2 Å². The van der Waals surface area contributed by atoms with Gasteiger partial charge in [0.1, 0.15) is 12.6 Å². The average Bonchev–Trinajstić information content (AvgIpc) is 2.72. The van der Waals surface area contributed by atoms with Crippen molar-refractivity contribution in [2.24, 2.45) is 0 Å². The summed E-state index contributed by atoms with van der Waals surface area (Å²) in [6, 6.07) is 14.2. The third-order valence-corrected chi connectivity index (χ3v) is 6.75. The molecule has 0 fully saturated rings. The van der Waals surface area contributed by atoms with E-state index < -0.39 is 27.5 Å². The number of nitrogens with zero attached hydrogens (tertiary/aromatic N) is 2. The maximum atomic E-state index is 13.5. The number of carbonyl (C=O) groups excluding carboxylic acids is 2. The summed E-state index contributed by atoms with van der Waals surface area (Å²) in [6.07, 6.45) is 1.63. The van der Waals surface area contributed by atoms with Crippen molar-refractivity contribution in [2.45, 2.75) is 59.5 Å². The first-order valence-electron chi connectivity index (χ1n) is 11.4. The first-order valence-corrected chi connectivity index (χ1v) is 13.2. The molecule has 1 N–H and O–H groups in total. The Morgan fingerprint density at radius 2 is 1.62 bits per heavy atom. The molecule has 0 radical (unpaired) electrons. The molecule has 8 heteroatoms. The van der Waals surface area contributed by atoms with Gasteiger partial charge in [0.05, 0.1) is 11.9 Å². The maximum Gasteiger partial charge on any atom is 0.244 e. The topological polar surface area (TPSA) is 86.8 Å². The van der Waals surface area contributed by atoms with Gasteiger partial charge in [-0.2, -0.15) is 0 Å². The van der Waals surface area contributed by atoms with Crippen molar-refractivity contribution < 1.29 is 18.0 Å². The van der Waals surface area contributed by atoms with Crippen LogP contribution in [0, 0.1) is 13.8 Å². The van der Waals surface area contributed by atoms with E-state index in [-0.39, 0.29) is 19.0 Å². The summed E-state index contributed by atoms with van der Waals surface area (Å²) in [6.45, 7) is 11.0. The lowest BCUT2D eigenvalue weighted by atomic mass is 10.1. The van der Waals surface area contributed by atoms with E-state index in [1.165, 1.54) is 4.90 Å². The third kappa shape index (κ3) is 7.87. The summed E-state index contributed by atoms with van der Waals surface area (Å²) < 4.78 is 26.4. The molecule has 0 saturated heterocycles. The fraction of sp³-hybridized carbons (Fsp3) is 0.462. The third-order valence-electron chi connectivity index (χ3n) is 5.61. The molecule has 0 aliphatic rings. The molecular formula is C26H37N3O4S. The zero-order valence-corrected chi connectivity index (χ0v) is 22.1. The van der Waals surface area contributed by atoms with Gasteiger partial charge in [-0.1, -0.05) is 36.4 Å². The van der Waals surface area contributed by atoms with Crippen LogP contribution in [0.5, 0.6) is 0 Å². The van der Waals surface area contributed by atoms with Crippen molar-refractivity contribution in [1.29, 1.82) is 0 Å². The molecular weight excluding hydrogens is 450 g/mol. The molecule has 1 atom stereocenters. The molecule has 34 heavy (non-hydrogen) atoms. The van der Waals surface area contributed by atoms with Crippen molar-refractivity contribution in [3.05, 3.63) is 65.2 Å². The van der Waals surface area contributed by atoms with Crippen LogP contribution >= 0.6 is 0 Å². The van der Waals surface area contributed by atoms with E-state index in [1.807, 2.05) is 71.0 Å². The maximum absolute atomic E-state index is 13.5. The van der Waals surface area contributed by atoms with Crippen molar-refractivity contribution in [1.82, 2.24) is 10.2 Å². The highest BCUT2D eigenvalue weighted by molar-refractivity contribution is 7.92. The van der Waals surface area contributed by atoms with Gasteiger partial charge in [-0.25, -0.2) is 8.42 Å². The highest BCUT2D eigenvalue weighted by atomic mass is 32.2. The minimum Gasteiger partial charge on any atom is -0.350 e. The summed E-state index contributed by atoms with van der Waals surface area (Å²) in [5, 5.41) is 2.92. The molecule has 186 valence electrons. The van der Waals surface area contributed by atoms with Crippen LogP contribution in [0.25, 0.3) is 0 Å². The molecule has 2 aromatic rings. The number of nitrogens with one attached hydrogen (secondary N) is 1. The van der Waals surface area contributed by atoms with E-state index >= 15 is 0 Å². The Balaban J connectivity index is 2.34. The summed E-state index contributed by atoms with van der Waals surface area (Å²) in [5.74, 6) is -0.720. The predicted octanol–water partition coefficient (Wildman–Crippen LogP) is 3.44. The second-order valence-corrected chi connectivity index (χ2v) is 11.7. The van der Waals surface area contributed by atoms with Crippen LogP contribution in [0.4, 0.5) is 5.69 Å². The van der Waals surface area contributed by atoms with Crippen LogP contribution in [0.15, 0.2) is 48.5 Å². The number of aryl methyl sites for hydroxylation is 2. The first-order chi connectivity index (χ1) is 15.7. The molecule has 0 aliphatic carbocycles. The molecule has 0 heterocycles. The Kier molecular flexibility index (Phi) is 8.89. The van der Waals surface area contributed by atoms with Gasteiger partial charge in [0.2, 0.25) is 21.8 Å². The standard InChI is InChI=1S/C26H37N3O4S/c1-19-13-14-23(17-20(19)2)29(34(7,32)33)18-24(30)28(16-15-22-11-9-8-10-12-22)21(3)25(31)27-26(4,5)6/h8-14,17,21H,15-16,18H2,1-7H3,(H,27,31)/t21-/m1/s1. The minimum absolute atomic E-state index is 0.284. The number of anilines is 1. The van der Waals surface area contributed by atoms with Crippen molar-refractivity contribution in [2.75, 3.05) is 23.7 Å². The summed E-state index contributed by atoms with van der Waals surface area (Å²) in [5.41, 5.74) is 2.95. The lowest BCUT2D eigenvalue weighted by Gasteiger charge is -2.33. The quantitative estimate of drug-likeness (QED) is 0.587.